The summed E-state index contributed by atoms with van der Waals surface area (Å²) >= 11 is 6.19. The minimum Gasteiger partial charge on any atom is -0.481 e. The van der Waals surface area contributed by atoms with Gasteiger partial charge in [0.2, 0.25) is 0 Å². The van der Waals surface area contributed by atoms with Gasteiger partial charge in [-0.1, -0.05) is 35.9 Å². The second kappa shape index (κ2) is 9.80. The molecule has 1 heterocycles. The van der Waals surface area contributed by atoms with Gasteiger partial charge in [-0.05, 0) is 54.6 Å². The van der Waals surface area contributed by atoms with Crippen molar-refractivity contribution < 1.29 is 14.3 Å². The molecule has 3 aromatic carbocycles. The van der Waals surface area contributed by atoms with Crippen LogP contribution in [-0.4, -0.2) is 23.5 Å². The van der Waals surface area contributed by atoms with Crippen LogP contribution in [0.3, 0.4) is 0 Å². The van der Waals surface area contributed by atoms with Crippen molar-refractivity contribution in [3.63, 3.8) is 0 Å². The number of ether oxygens (including phenoxy) is 1. The molecule has 0 saturated carbocycles. The number of para-hydroxylation sites is 1. The van der Waals surface area contributed by atoms with Crippen LogP contribution in [0.25, 0.3) is 10.9 Å². The Bertz CT molecular complexity index is 1260. The van der Waals surface area contributed by atoms with Gasteiger partial charge in [0.05, 0.1) is 5.02 Å². The van der Waals surface area contributed by atoms with Gasteiger partial charge in [0, 0.05) is 28.6 Å². The van der Waals surface area contributed by atoms with Crippen molar-refractivity contribution in [1.29, 1.82) is 0 Å². The number of hydrogen-bond donors (Lipinski definition) is 3. The molecule has 0 atom stereocenters. The molecule has 0 radical (unpaired) electrons. The number of nitrogens with zero attached hydrogens (tertiary/aromatic N) is 1. The number of aromatic nitrogens is 1. The molecule has 4 aromatic rings. The molecule has 4 rings (SSSR count). The van der Waals surface area contributed by atoms with Crippen molar-refractivity contribution in [2.24, 2.45) is 0 Å². The highest BCUT2D eigenvalue weighted by atomic mass is 35.5. The first-order valence-corrected chi connectivity index (χ1v) is 10.2. The van der Waals surface area contributed by atoms with Crippen LogP contribution in [0.4, 0.5) is 21.9 Å². The maximum absolute atomic E-state index is 12.4. The maximum Gasteiger partial charge on any atom is 0.323 e. The van der Waals surface area contributed by atoms with Crippen molar-refractivity contribution in [3.8, 4) is 5.75 Å². The van der Waals surface area contributed by atoms with E-state index in [1.165, 1.54) is 0 Å². The van der Waals surface area contributed by atoms with Crippen molar-refractivity contribution >= 4 is 51.5 Å². The molecule has 0 bridgehead atoms. The van der Waals surface area contributed by atoms with Crippen LogP contribution in [0, 0.1) is 0 Å². The van der Waals surface area contributed by atoms with Crippen LogP contribution in [0.5, 0.6) is 5.75 Å². The molecule has 3 N–H and O–H groups in total. The first-order chi connectivity index (χ1) is 15.6. The zero-order valence-corrected chi connectivity index (χ0v) is 17.6. The summed E-state index contributed by atoms with van der Waals surface area (Å²) in [5.41, 5.74) is 2.32. The van der Waals surface area contributed by atoms with Crippen LogP contribution in [0.1, 0.15) is 0 Å². The number of urea groups is 1. The summed E-state index contributed by atoms with van der Waals surface area (Å²) in [6.07, 6.45) is 1.64. The molecule has 0 aliphatic heterocycles. The van der Waals surface area contributed by atoms with E-state index in [1.807, 2.05) is 24.3 Å². The van der Waals surface area contributed by atoms with Crippen molar-refractivity contribution in [2.45, 2.75) is 0 Å². The van der Waals surface area contributed by atoms with Gasteiger partial charge in [-0.2, -0.15) is 0 Å². The molecule has 0 saturated heterocycles. The van der Waals surface area contributed by atoms with Crippen molar-refractivity contribution in [3.05, 3.63) is 90.1 Å². The number of carbonyl (C=O) groups excluding carboxylic acids is 2. The molecule has 1 aromatic heterocycles. The first-order valence-electron chi connectivity index (χ1n) is 9.77. The lowest BCUT2D eigenvalue weighted by atomic mass is 10.2. The van der Waals surface area contributed by atoms with Gasteiger partial charge in [0.1, 0.15) is 11.3 Å². The van der Waals surface area contributed by atoms with E-state index < -0.39 is 0 Å². The molecule has 7 nitrogen and oxygen atoms in total. The molecular weight excluding hydrogens is 428 g/mol. The molecule has 32 heavy (non-hydrogen) atoms. The molecule has 0 aliphatic carbocycles. The lowest BCUT2D eigenvalue weighted by molar-refractivity contribution is -0.118. The number of amides is 3. The van der Waals surface area contributed by atoms with Gasteiger partial charge < -0.3 is 20.7 Å². The summed E-state index contributed by atoms with van der Waals surface area (Å²) in [6.45, 7) is -0.209. The molecule has 0 spiro atoms. The Balaban J connectivity index is 1.35. The van der Waals surface area contributed by atoms with E-state index in [2.05, 4.69) is 20.9 Å². The molecule has 0 aliphatic rings. The normalized spacial score (nSPS) is 10.4. The third-order valence-corrected chi connectivity index (χ3v) is 4.80. The Morgan fingerprint density at radius 2 is 1.53 bits per heavy atom. The van der Waals surface area contributed by atoms with Crippen molar-refractivity contribution in [2.75, 3.05) is 22.6 Å². The fourth-order valence-electron chi connectivity index (χ4n) is 3.06. The Kier molecular flexibility index (Phi) is 6.48. The number of halogens is 1. The molecule has 0 fully saturated rings. The number of fused-ring (bicyclic) bond motifs is 1. The SMILES string of the molecule is O=C(COc1ccc(Cl)c2cccnc12)Nc1cccc(NC(=O)Nc2ccccc2)c1. The number of rotatable bonds is 6. The summed E-state index contributed by atoms with van der Waals surface area (Å²) in [7, 11) is 0. The summed E-state index contributed by atoms with van der Waals surface area (Å²) < 4.78 is 5.66. The topological polar surface area (TPSA) is 92.3 Å². The highest BCUT2D eigenvalue weighted by Gasteiger charge is 2.10. The van der Waals surface area contributed by atoms with Gasteiger partial charge >= 0.3 is 6.03 Å². The van der Waals surface area contributed by atoms with E-state index in [0.717, 1.165) is 5.39 Å². The Morgan fingerprint density at radius 3 is 2.34 bits per heavy atom. The minimum atomic E-state index is -0.384. The van der Waals surface area contributed by atoms with Gasteiger partial charge in [-0.15, -0.1) is 0 Å². The Labute approximate surface area is 189 Å². The average Bonchev–Trinajstić information content (AvgIpc) is 2.80. The fraction of sp³-hybridized carbons (Fsp3) is 0.0417. The highest BCUT2D eigenvalue weighted by Crippen LogP contribution is 2.29. The van der Waals surface area contributed by atoms with E-state index in [4.69, 9.17) is 16.3 Å². The van der Waals surface area contributed by atoms with E-state index in [9.17, 15) is 9.59 Å². The third-order valence-electron chi connectivity index (χ3n) is 4.47. The second-order valence-electron chi connectivity index (χ2n) is 6.81. The third kappa shape index (κ3) is 5.33. The molecule has 3 amide bonds. The van der Waals surface area contributed by atoms with E-state index in [1.54, 1.807) is 60.8 Å². The van der Waals surface area contributed by atoms with Gasteiger partial charge in [-0.25, -0.2) is 4.79 Å². The van der Waals surface area contributed by atoms with Gasteiger partial charge in [0.25, 0.3) is 5.91 Å². The predicted molar refractivity (Wildman–Crippen MR) is 126 cm³/mol. The van der Waals surface area contributed by atoms with E-state index in [-0.39, 0.29) is 18.5 Å². The molecule has 160 valence electrons. The van der Waals surface area contributed by atoms with Crippen LogP contribution < -0.4 is 20.7 Å². The van der Waals surface area contributed by atoms with Crippen LogP contribution in [0.15, 0.2) is 85.1 Å². The number of pyridine rings is 1. The Hall–Kier alpha value is -4.10. The van der Waals surface area contributed by atoms with E-state index in [0.29, 0.717) is 33.4 Å². The maximum atomic E-state index is 12.4. The summed E-state index contributed by atoms with van der Waals surface area (Å²) in [6, 6.07) is 22.5. The predicted octanol–water partition coefficient (Wildman–Crippen LogP) is 5.55. The lowest BCUT2D eigenvalue weighted by Gasteiger charge is -2.11. The number of hydrogen-bond acceptors (Lipinski definition) is 4. The highest BCUT2D eigenvalue weighted by molar-refractivity contribution is 6.35. The number of carbonyl (C=O) groups is 2. The quantitative estimate of drug-likeness (QED) is 0.362. The Morgan fingerprint density at radius 1 is 0.812 bits per heavy atom. The van der Waals surface area contributed by atoms with Crippen LogP contribution in [0.2, 0.25) is 5.02 Å². The number of anilines is 3. The van der Waals surface area contributed by atoms with E-state index >= 15 is 0 Å². The second-order valence-corrected chi connectivity index (χ2v) is 7.22. The fourth-order valence-corrected chi connectivity index (χ4v) is 3.27. The first kappa shape index (κ1) is 21.1. The molecular formula is C24H19ClN4O3. The van der Waals surface area contributed by atoms with Crippen LogP contribution in [-0.2, 0) is 4.79 Å². The average molecular weight is 447 g/mol. The minimum absolute atomic E-state index is 0.209. The zero-order valence-electron chi connectivity index (χ0n) is 16.8. The number of nitrogens with one attached hydrogen (secondary N) is 3. The number of benzene rings is 3. The summed E-state index contributed by atoms with van der Waals surface area (Å²) in [4.78, 5) is 28.8. The lowest BCUT2D eigenvalue weighted by Crippen LogP contribution is -2.21. The van der Waals surface area contributed by atoms with Crippen molar-refractivity contribution in [1.82, 2.24) is 4.98 Å². The van der Waals surface area contributed by atoms with Gasteiger partial charge in [0.15, 0.2) is 6.61 Å². The largest absolute Gasteiger partial charge is 0.481 e. The zero-order chi connectivity index (χ0) is 22.3. The molecule has 0 unspecified atom stereocenters. The summed E-state index contributed by atoms with van der Waals surface area (Å²) in [5.74, 6) is 0.114. The summed E-state index contributed by atoms with van der Waals surface area (Å²) in [5, 5.41) is 9.53. The standard InChI is InChI=1S/C24H19ClN4O3/c25-20-11-12-21(23-19(20)10-5-13-26-23)32-15-22(30)27-17-8-4-9-18(14-17)29-24(31)28-16-6-2-1-3-7-16/h1-14H,15H2,(H,27,30)(H2,28,29,31). The smallest absolute Gasteiger partial charge is 0.323 e. The van der Waals surface area contributed by atoms with Gasteiger partial charge in [-0.3, -0.25) is 9.78 Å². The van der Waals surface area contributed by atoms with Crippen LogP contribution >= 0.6 is 11.6 Å². The molecule has 8 heteroatoms. The monoisotopic (exact) mass is 446 g/mol.